The first kappa shape index (κ1) is 14.9. The van der Waals surface area contributed by atoms with Crippen LogP contribution in [0.25, 0.3) is 0 Å². The highest BCUT2D eigenvalue weighted by molar-refractivity contribution is 5.98. The fraction of sp³-hybridized carbons (Fsp3) is 0.462. The first-order valence-electron chi connectivity index (χ1n) is 5.87. The molecule has 2 N–H and O–H groups in total. The molecular formula is C13H18N2O4. The van der Waals surface area contributed by atoms with Crippen molar-refractivity contribution in [2.45, 2.75) is 39.3 Å². The van der Waals surface area contributed by atoms with E-state index in [1.807, 2.05) is 0 Å². The van der Waals surface area contributed by atoms with Gasteiger partial charge in [0.2, 0.25) is 0 Å². The smallest absolute Gasteiger partial charge is 0.328 e. The summed E-state index contributed by atoms with van der Waals surface area (Å²) in [6, 6.07) is 0.561. The van der Waals surface area contributed by atoms with Crippen LogP contribution in [-0.2, 0) is 9.53 Å². The summed E-state index contributed by atoms with van der Waals surface area (Å²) in [5, 5.41) is 11.9. The summed E-state index contributed by atoms with van der Waals surface area (Å²) in [5.41, 5.74) is -0.556. The van der Waals surface area contributed by atoms with Crippen molar-refractivity contribution in [3.63, 3.8) is 0 Å². The van der Waals surface area contributed by atoms with Crippen LogP contribution >= 0.6 is 0 Å². The van der Waals surface area contributed by atoms with Crippen molar-refractivity contribution in [1.82, 2.24) is 10.3 Å². The quantitative estimate of drug-likeness (QED) is 0.804. The van der Waals surface area contributed by atoms with Gasteiger partial charge >= 0.3 is 5.97 Å². The average molecular weight is 266 g/mol. The first-order chi connectivity index (χ1) is 8.70. The standard InChI is InChI=1S/C13H18N2O4/c1-8(12(18)19-13(2,3)4)15-11(17)9-5-6-14-7-10(9)16/h5-8,16H,1-4H3,(H,15,17)/t8-/m1/s1. The zero-order chi connectivity index (χ0) is 14.6. The molecule has 1 rings (SSSR count). The molecule has 0 aromatic carbocycles. The second-order valence-electron chi connectivity index (χ2n) is 5.12. The van der Waals surface area contributed by atoms with Gasteiger partial charge in [0.1, 0.15) is 17.4 Å². The molecule has 19 heavy (non-hydrogen) atoms. The van der Waals surface area contributed by atoms with Crippen LogP contribution in [0, 0.1) is 0 Å². The minimum absolute atomic E-state index is 0.0606. The molecule has 1 aromatic rings. The summed E-state index contributed by atoms with van der Waals surface area (Å²) < 4.78 is 5.14. The Bertz CT molecular complexity index is 480. The van der Waals surface area contributed by atoms with Gasteiger partial charge in [-0.1, -0.05) is 0 Å². The van der Waals surface area contributed by atoms with Gasteiger partial charge in [0.05, 0.1) is 11.8 Å². The number of amides is 1. The summed E-state index contributed by atoms with van der Waals surface area (Å²) in [7, 11) is 0. The van der Waals surface area contributed by atoms with Crippen LogP contribution in [0.4, 0.5) is 0 Å². The molecule has 1 amide bonds. The minimum atomic E-state index is -0.806. The predicted molar refractivity (Wildman–Crippen MR) is 68.7 cm³/mol. The molecule has 0 unspecified atom stereocenters. The Morgan fingerprint density at radius 2 is 2.05 bits per heavy atom. The van der Waals surface area contributed by atoms with E-state index in [4.69, 9.17) is 4.74 Å². The van der Waals surface area contributed by atoms with Crippen LogP contribution < -0.4 is 5.32 Å². The third kappa shape index (κ3) is 4.57. The topological polar surface area (TPSA) is 88.5 Å². The SMILES string of the molecule is C[C@@H](NC(=O)c1ccncc1O)C(=O)OC(C)(C)C. The Kier molecular flexibility index (Phi) is 4.47. The Balaban J connectivity index is 2.67. The number of esters is 1. The van der Waals surface area contributed by atoms with Crippen molar-refractivity contribution < 1.29 is 19.4 Å². The van der Waals surface area contributed by atoms with Crippen LogP contribution in [0.5, 0.6) is 5.75 Å². The molecule has 0 spiro atoms. The number of hydrogen-bond acceptors (Lipinski definition) is 5. The van der Waals surface area contributed by atoms with E-state index in [0.717, 1.165) is 6.20 Å². The monoisotopic (exact) mass is 266 g/mol. The highest BCUT2D eigenvalue weighted by Crippen LogP contribution is 2.14. The van der Waals surface area contributed by atoms with E-state index >= 15 is 0 Å². The largest absolute Gasteiger partial charge is 0.505 e. The van der Waals surface area contributed by atoms with Gasteiger partial charge in [-0.25, -0.2) is 4.79 Å². The van der Waals surface area contributed by atoms with Gasteiger partial charge < -0.3 is 15.2 Å². The summed E-state index contributed by atoms with van der Waals surface area (Å²) in [5.74, 6) is -1.33. The van der Waals surface area contributed by atoms with Crippen LogP contribution in [0.1, 0.15) is 38.1 Å². The first-order valence-corrected chi connectivity index (χ1v) is 5.87. The zero-order valence-electron chi connectivity index (χ0n) is 11.4. The van der Waals surface area contributed by atoms with Crippen molar-refractivity contribution in [3.8, 4) is 5.75 Å². The number of ether oxygens (including phenoxy) is 1. The van der Waals surface area contributed by atoms with E-state index in [-0.39, 0.29) is 11.3 Å². The van der Waals surface area contributed by atoms with E-state index in [9.17, 15) is 14.7 Å². The van der Waals surface area contributed by atoms with E-state index in [0.29, 0.717) is 0 Å². The van der Waals surface area contributed by atoms with Crippen molar-refractivity contribution in [1.29, 1.82) is 0 Å². The maximum absolute atomic E-state index is 11.8. The number of aromatic nitrogens is 1. The normalized spacial score (nSPS) is 12.6. The molecule has 6 heteroatoms. The number of hydrogen-bond donors (Lipinski definition) is 2. The maximum atomic E-state index is 11.8. The highest BCUT2D eigenvalue weighted by atomic mass is 16.6. The van der Waals surface area contributed by atoms with Gasteiger partial charge in [0.15, 0.2) is 0 Å². The van der Waals surface area contributed by atoms with Gasteiger partial charge in [-0.05, 0) is 33.8 Å². The molecule has 0 fully saturated rings. The van der Waals surface area contributed by atoms with E-state index in [1.165, 1.54) is 19.2 Å². The van der Waals surface area contributed by atoms with Crippen molar-refractivity contribution in [2.75, 3.05) is 0 Å². The van der Waals surface area contributed by atoms with E-state index in [2.05, 4.69) is 10.3 Å². The highest BCUT2D eigenvalue weighted by Gasteiger charge is 2.24. The zero-order valence-corrected chi connectivity index (χ0v) is 11.4. The third-order valence-corrected chi connectivity index (χ3v) is 2.15. The molecule has 0 aliphatic carbocycles. The molecule has 6 nitrogen and oxygen atoms in total. The molecule has 1 heterocycles. The lowest BCUT2D eigenvalue weighted by atomic mass is 10.2. The fourth-order valence-corrected chi connectivity index (χ4v) is 1.30. The number of carbonyl (C=O) groups excluding carboxylic acids is 2. The molecular weight excluding hydrogens is 248 g/mol. The van der Waals surface area contributed by atoms with Gasteiger partial charge in [-0.2, -0.15) is 0 Å². The van der Waals surface area contributed by atoms with Crippen molar-refractivity contribution >= 4 is 11.9 Å². The number of aromatic hydroxyl groups is 1. The Morgan fingerprint density at radius 3 is 2.58 bits per heavy atom. The number of nitrogens with zero attached hydrogens (tertiary/aromatic N) is 1. The number of carbonyl (C=O) groups is 2. The number of nitrogens with one attached hydrogen (secondary N) is 1. The molecule has 0 aliphatic heterocycles. The number of pyridine rings is 1. The Hall–Kier alpha value is -2.11. The Labute approximate surface area is 111 Å². The molecule has 0 saturated carbocycles. The summed E-state index contributed by atoms with van der Waals surface area (Å²) in [6.07, 6.45) is 2.54. The van der Waals surface area contributed by atoms with E-state index in [1.54, 1.807) is 20.8 Å². The molecule has 1 atom stereocenters. The third-order valence-electron chi connectivity index (χ3n) is 2.15. The minimum Gasteiger partial charge on any atom is -0.505 e. The fourth-order valence-electron chi connectivity index (χ4n) is 1.30. The predicted octanol–water partition coefficient (Wildman–Crippen LogP) is 1.25. The van der Waals surface area contributed by atoms with E-state index < -0.39 is 23.5 Å². The van der Waals surface area contributed by atoms with Crippen LogP contribution in [-0.4, -0.2) is 33.6 Å². The molecule has 0 aliphatic rings. The second-order valence-corrected chi connectivity index (χ2v) is 5.12. The summed E-state index contributed by atoms with van der Waals surface area (Å²) >= 11 is 0. The van der Waals surface area contributed by atoms with Crippen molar-refractivity contribution in [2.24, 2.45) is 0 Å². The van der Waals surface area contributed by atoms with Crippen LogP contribution in [0.15, 0.2) is 18.5 Å². The lowest BCUT2D eigenvalue weighted by Gasteiger charge is -2.22. The molecule has 1 aromatic heterocycles. The van der Waals surface area contributed by atoms with Gasteiger partial charge in [-0.3, -0.25) is 9.78 Å². The summed E-state index contributed by atoms with van der Waals surface area (Å²) in [4.78, 5) is 27.2. The lowest BCUT2D eigenvalue weighted by molar-refractivity contribution is -0.156. The second kappa shape index (κ2) is 5.69. The molecule has 0 radical (unpaired) electrons. The Morgan fingerprint density at radius 1 is 1.42 bits per heavy atom. The van der Waals surface area contributed by atoms with Gasteiger partial charge in [-0.15, -0.1) is 0 Å². The summed E-state index contributed by atoms with van der Waals surface area (Å²) in [6.45, 7) is 6.75. The van der Waals surface area contributed by atoms with Gasteiger partial charge in [0, 0.05) is 6.20 Å². The van der Waals surface area contributed by atoms with Gasteiger partial charge in [0.25, 0.3) is 5.91 Å². The molecule has 0 saturated heterocycles. The van der Waals surface area contributed by atoms with Crippen LogP contribution in [0.3, 0.4) is 0 Å². The molecule has 0 bridgehead atoms. The average Bonchev–Trinajstić information content (AvgIpc) is 2.27. The number of rotatable bonds is 3. The maximum Gasteiger partial charge on any atom is 0.328 e. The lowest BCUT2D eigenvalue weighted by Crippen LogP contribution is -2.42. The van der Waals surface area contributed by atoms with Crippen molar-refractivity contribution in [3.05, 3.63) is 24.0 Å². The molecule has 104 valence electrons. The van der Waals surface area contributed by atoms with Crippen LogP contribution in [0.2, 0.25) is 0 Å².